The molecule has 0 unspecified atom stereocenters. The van der Waals surface area contributed by atoms with Gasteiger partial charge >= 0.3 is 0 Å². The highest BCUT2D eigenvalue weighted by Gasteiger charge is 2.25. The van der Waals surface area contributed by atoms with Gasteiger partial charge in [0.15, 0.2) is 0 Å². The van der Waals surface area contributed by atoms with Crippen LogP contribution in [-0.4, -0.2) is 47.8 Å². The zero-order valence-corrected chi connectivity index (χ0v) is 16.7. The molecule has 3 aromatic rings. The topological polar surface area (TPSA) is 49.9 Å². The molecule has 1 aliphatic rings. The second-order valence-electron chi connectivity index (χ2n) is 7.25. The number of hydrogen-bond acceptors (Lipinski definition) is 3. The number of carbonyl (C=O) groups excluding carboxylic acids is 2. The fraction of sp³-hybridized carbons (Fsp3) is 0.200. The van der Waals surface area contributed by atoms with Gasteiger partial charge in [-0.15, -0.1) is 0 Å². The molecule has 0 radical (unpaired) electrons. The molecule has 1 heterocycles. The highest BCUT2D eigenvalue weighted by atomic mass is 16.5. The highest BCUT2D eigenvalue weighted by molar-refractivity contribution is 5.96. The van der Waals surface area contributed by atoms with E-state index in [-0.39, 0.29) is 11.8 Å². The molecule has 0 N–H and O–H groups in total. The second kappa shape index (κ2) is 9.27. The number of piperazine rings is 1. The Balaban J connectivity index is 1.30. The first-order valence-corrected chi connectivity index (χ1v) is 10.1. The van der Waals surface area contributed by atoms with Crippen LogP contribution < -0.4 is 4.74 Å². The number of ether oxygens (including phenoxy) is 1. The second-order valence-corrected chi connectivity index (χ2v) is 7.25. The van der Waals surface area contributed by atoms with Crippen molar-refractivity contribution in [2.24, 2.45) is 0 Å². The molecule has 0 aliphatic carbocycles. The molecular formula is C25H24N2O3. The Morgan fingerprint density at radius 3 is 1.63 bits per heavy atom. The molecule has 4 rings (SSSR count). The Bertz CT molecular complexity index is 980. The molecule has 30 heavy (non-hydrogen) atoms. The predicted molar refractivity (Wildman–Crippen MR) is 115 cm³/mol. The van der Waals surface area contributed by atoms with Crippen LogP contribution in [0.25, 0.3) is 0 Å². The van der Waals surface area contributed by atoms with Crippen LogP contribution in [0.1, 0.15) is 26.3 Å². The maximum Gasteiger partial charge on any atom is 0.253 e. The molecule has 5 nitrogen and oxygen atoms in total. The maximum absolute atomic E-state index is 12.8. The Morgan fingerprint density at radius 1 is 0.633 bits per heavy atom. The quantitative estimate of drug-likeness (QED) is 0.653. The summed E-state index contributed by atoms with van der Waals surface area (Å²) < 4.78 is 5.79. The van der Waals surface area contributed by atoms with Crippen molar-refractivity contribution in [2.75, 3.05) is 26.2 Å². The van der Waals surface area contributed by atoms with Crippen molar-refractivity contribution in [3.05, 3.63) is 102 Å². The first-order chi connectivity index (χ1) is 14.7. The number of benzene rings is 3. The van der Waals surface area contributed by atoms with E-state index in [0.717, 1.165) is 11.3 Å². The van der Waals surface area contributed by atoms with E-state index in [9.17, 15) is 9.59 Å². The fourth-order valence-corrected chi connectivity index (χ4v) is 3.49. The summed E-state index contributed by atoms with van der Waals surface area (Å²) in [6, 6.07) is 26.5. The van der Waals surface area contributed by atoms with E-state index in [1.807, 2.05) is 72.8 Å². The van der Waals surface area contributed by atoms with Crippen molar-refractivity contribution in [3.63, 3.8) is 0 Å². The molecule has 2 amide bonds. The lowest BCUT2D eigenvalue weighted by Crippen LogP contribution is -2.50. The summed E-state index contributed by atoms with van der Waals surface area (Å²) >= 11 is 0. The molecule has 0 saturated carbocycles. The van der Waals surface area contributed by atoms with Crippen LogP contribution in [0.2, 0.25) is 0 Å². The highest BCUT2D eigenvalue weighted by Crippen LogP contribution is 2.17. The number of carbonyl (C=O) groups is 2. The van der Waals surface area contributed by atoms with Gasteiger partial charge in [0.05, 0.1) is 0 Å². The lowest BCUT2D eigenvalue weighted by Gasteiger charge is -2.34. The van der Waals surface area contributed by atoms with Gasteiger partial charge in [0, 0.05) is 37.3 Å². The van der Waals surface area contributed by atoms with Crippen molar-refractivity contribution in [1.82, 2.24) is 9.80 Å². The van der Waals surface area contributed by atoms with E-state index in [1.165, 1.54) is 0 Å². The molecule has 3 aromatic carbocycles. The van der Waals surface area contributed by atoms with Gasteiger partial charge in [0.1, 0.15) is 12.4 Å². The van der Waals surface area contributed by atoms with Gasteiger partial charge in [-0.1, -0.05) is 48.5 Å². The molecule has 1 saturated heterocycles. The van der Waals surface area contributed by atoms with Crippen LogP contribution in [0.3, 0.4) is 0 Å². The zero-order valence-electron chi connectivity index (χ0n) is 16.7. The predicted octanol–water partition coefficient (Wildman–Crippen LogP) is 3.86. The minimum atomic E-state index is -0.0172. The van der Waals surface area contributed by atoms with E-state index in [4.69, 9.17) is 4.74 Å². The van der Waals surface area contributed by atoms with Gasteiger partial charge in [0.25, 0.3) is 11.8 Å². The lowest BCUT2D eigenvalue weighted by molar-refractivity contribution is 0.0535. The van der Waals surface area contributed by atoms with Gasteiger partial charge in [-0.3, -0.25) is 9.59 Å². The van der Waals surface area contributed by atoms with Crippen molar-refractivity contribution < 1.29 is 14.3 Å². The van der Waals surface area contributed by atoms with E-state index >= 15 is 0 Å². The van der Waals surface area contributed by atoms with Crippen LogP contribution >= 0.6 is 0 Å². The summed E-state index contributed by atoms with van der Waals surface area (Å²) in [5.41, 5.74) is 2.41. The Hall–Kier alpha value is -3.60. The van der Waals surface area contributed by atoms with Gasteiger partial charge in [-0.05, 0) is 42.0 Å². The van der Waals surface area contributed by atoms with Gasteiger partial charge in [-0.2, -0.15) is 0 Å². The first kappa shape index (κ1) is 19.7. The molecule has 0 aromatic heterocycles. The van der Waals surface area contributed by atoms with Crippen LogP contribution in [0.5, 0.6) is 5.75 Å². The number of amides is 2. The fourth-order valence-electron chi connectivity index (χ4n) is 3.49. The third-order valence-corrected chi connectivity index (χ3v) is 5.22. The summed E-state index contributed by atoms with van der Waals surface area (Å²) in [6.07, 6.45) is 0. The summed E-state index contributed by atoms with van der Waals surface area (Å²) in [6.45, 7) is 2.63. The van der Waals surface area contributed by atoms with Crippen molar-refractivity contribution in [1.29, 1.82) is 0 Å². The van der Waals surface area contributed by atoms with Crippen molar-refractivity contribution in [2.45, 2.75) is 6.61 Å². The van der Waals surface area contributed by atoms with Crippen molar-refractivity contribution in [3.8, 4) is 5.75 Å². The monoisotopic (exact) mass is 400 g/mol. The summed E-state index contributed by atoms with van der Waals surface area (Å²) in [4.78, 5) is 29.0. The standard InChI is InChI=1S/C25H24N2O3/c28-24(21-9-5-2-6-10-21)26-15-17-27(18-16-26)25(29)22-11-13-23(14-12-22)30-19-20-7-3-1-4-8-20/h1-14H,15-19H2. The Labute approximate surface area is 176 Å². The molecular weight excluding hydrogens is 376 g/mol. The van der Waals surface area contributed by atoms with E-state index in [0.29, 0.717) is 43.9 Å². The largest absolute Gasteiger partial charge is 0.489 e. The molecule has 152 valence electrons. The lowest BCUT2D eigenvalue weighted by atomic mass is 10.1. The SMILES string of the molecule is O=C(c1ccccc1)N1CCN(C(=O)c2ccc(OCc3ccccc3)cc2)CC1. The van der Waals surface area contributed by atoms with Gasteiger partial charge < -0.3 is 14.5 Å². The summed E-state index contributed by atoms with van der Waals surface area (Å²) in [5, 5.41) is 0. The smallest absolute Gasteiger partial charge is 0.253 e. The van der Waals surface area contributed by atoms with Gasteiger partial charge in [-0.25, -0.2) is 0 Å². The first-order valence-electron chi connectivity index (χ1n) is 10.1. The van der Waals surface area contributed by atoms with Crippen molar-refractivity contribution >= 4 is 11.8 Å². The van der Waals surface area contributed by atoms with E-state index in [2.05, 4.69) is 0 Å². The third-order valence-electron chi connectivity index (χ3n) is 5.22. The van der Waals surface area contributed by atoms with Crippen LogP contribution in [0, 0.1) is 0 Å². The Morgan fingerprint density at radius 2 is 1.10 bits per heavy atom. The minimum Gasteiger partial charge on any atom is -0.489 e. The van der Waals surface area contributed by atoms with Crippen LogP contribution in [0.15, 0.2) is 84.9 Å². The molecule has 5 heteroatoms. The molecule has 0 atom stereocenters. The number of nitrogens with zero attached hydrogens (tertiary/aromatic N) is 2. The third kappa shape index (κ3) is 4.69. The number of rotatable bonds is 5. The number of hydrogen-bond donors (Lipinski definition) is 0. The molecule has 1 aliphatic heterocycles. The van der Waals surface area contributed by atoms with E-state index in [1.54, 1.807) is 21.9 Å². The van der Waals surface area contributed by atoms with Crippen LogP contribution in [-0.2, 0) is 6.61 Å². The average Bonchev–Trinajstić information content (AvgIpc) is 2.83. The summed E-state index contributed by atoms with van der Waals surface area (Å²) in [7, 11) is 0. The summed E-state index contributed by atoms with van der Waals surface area (Å²) in [5.74, 6) is 0.729. The van der Waals surface area contributed by atoms with Gasteiger partial charge in [0.2, 0.25) is 0 Å². The Kier molecular flexibility index (Phi) is 6.09. The van der Waals surface area contributed by atoms with Crippen LogP contribution in [0.4, 0.5) is 0 Å². The average molecular weight is 400 g/mol. The normalized spacial score (nSPS) is 13.7. The maximum atomic E-state index is 12.8. The molecule has 0 bridgehead atoms. The molecule has 0 spiro atoms. The zero-order chi connectivity index (χ0) is 20.8. The van der Waals surface area contributed by atoms with E-state index < -0.39 is 0 Å². The molecule has 1 fully saturated rings. The minimum absolute atomic E-state index is 0.0163.